The van der Waals surface area contributed by atoms with Crippen LogP contribution in [-0.2, 0) is 0 Å². The molecule has 1 aliphatic rings. The van der Waals surface area contributed by atoms with Gasteiger partial charge >= 0.3 is 0 Å². The maximum absolute atomic E-state index is 12.6. The highest BCUT2D eigenvalue weighted by Crippen LogP contribution is 2.23. The van der Waals surface area contributed by atoms with E-state index in [-0.39, 0.29) is 23.2 Å². The number of aromatic nitrogens is 2. The maximum Gasteiger partial charge on any atom is 0.272 e. The predicted molar refractivity (Wildman–Crippen MR) is 84.9 cm³/mol. The lowest BCUT2D eigenvalue weighted by Crippen LogP contribution is -2.46. The van der Waals surface area contributed by atoms with Gasteiger partial charge in [0, 0.05) is 17.5 Å². The molecule has 116 valence electrons. The van der Waals surface area contributed by atoms with Crippen molar-refractivity contribution in [2.24, 2.45) is 0 Å². The molecule has 6 nitrogen and oxygen atoms in total. The van der Waals surface area contributed by atoms with Crippen LogP contribution in [0.2, 0.25) is 0 Å². The fraction of sp³-hybridized carbons (Fsp3) is 0.438. The third-order valence-electron chi connectivity index (χ3n) is 4.37. The van der Waals surface area contributed by atoms with Crippen molar-refractivity contribution < 1.29 is 4.79 Å². The minimum atomic E-state index is -0.279. The van der Waals surface area contributed by atoms with Gasteiger partial charge in [0.15, 0.2) is 5.69 Å². The fourth-order valence-corrected chi connectivity index (χ4v) is 3.25. The smallest absolute Gasteiger partial charge is 0.272 e. The van der Waals surface area contributed by atoms with E-state index in [0.717, 1.165) is 19.3 Å². The molecular weight excluding hydrogens is 280 g/mol. The largest absolute Gasteiger partial charge is 0.346 e. The van der Waals surface area contributed by atoms with Crippen molar-refractivity contribution in [2.75, 3.05) is 14.1 Å². The number of hydrogen-bond acceptors (Lipinski definition) is 4. The second-order valence-corrected chi connectivity index (χ2v) is 5.99. The van der Waals surface area contributed by atoms with Crippen molar-refractivity contribution in [1.82, 2.24) is 20.4 Å². The van der Waals surface area contributed by atoms with Crippen molar-refractivity contribution in [3.8, 4) is 0 Å². The number of rotatable bonds is 3. The Morgan fingerprint density at radius 3 is 2.73 bits per heavy atom. The van der Waals surface area contributed by atoms with Crippen molar-refractivity contribution in [1.29, 1.82) is 0 Å². The zero-order valence-electron chi connectivity index (χ0n) is 12.8. The summed E-state index contributed by atoms with van der Waals surface area (Å²) < 4.78 is 0. The van der Waals surface area contributed by atoms with Gasteiger partial charge in [-0.15, -0.1) is 0 Å². The lowest BCUT2D eigenvalue weighted by atomic mass is 10.1. The summed E-state index contributed by atoms with van der Waals surface area (Å²) in [5.41, 5.74) is -0.00112. The number of aromatic amines is 1. The highest BCUT2D eigenvalue weighted by atomic mass is 16.2. The van der Waals surface area contributed by atoms with Crippen LogP contribution in [0.25, 0.3) is 10.8 Å². The van der Waals surface area contributed by atoms with Crippen LogP contribution in [0, 0.1) is 0 Å². The summed E-state index contributed by atoms with van der Waals surface area (Å²) in [6, 6.07) is 7.50. The molecule has 0 bridgehead atoms. The molecule has 1 amide bonds. The Bertz CT molecular complexity index is 753. The molecule has 1 aromatic heterocycles. The molecule has 22 heavy (non-hydrogen) atoms. The van der Waals surface area contributed by atoms with Gasteiger partial charge in [0.05, 0.1) is 5.39 Å². The number of likely N-dealkylation sites (N-methyl/N-ethyl adjacent to an activating group) is 1. The first-order valence-electron chi connectivity index (χ1n) is 7.52. The predicted octanol–water partition coefficient (Wildman–Crippen LogP) is 1.14. The van der Waals surface area contributed by atoms with E-state index in [2.05, 4.69) is 20.4 Å². The summed E-state index contributed by atoms with van der Waals surface area (Å²) >= 11 is 0. The Morgan fingerprint density at radius 2 is 2.00 bits per heavy atom. The molecule has 1 heterocycles. The van der Waals surface area contributed by atoms with E-state index in [1.807, 2.05) is 14.1 Å². The van der Waals surface area contributed by atoms with Crippen molar-refractivity contribution in [2.45, 2.75) is 31.3 Å². The SMILES string of the molecule is CN(C)[C@@H]1CCC[C@H]1NC(=O)c1n[nH]c(=O)c2ccccc12. The van der Waals surface area contributed by atoms with Crippen LogP contribution >= 0.6 is 0 Å². The molecule has 1 aliphatic carbocycles. The average molecular weight is 300 g/mol. The number of benzene rings is 1. The van der Waals surface area contributed by atoms with Gasteiger partial charge < -0.3 is 10.2 Å². The second kappa shape index (κ2) is 5.88. The number of nitrogens with one attached hydrogen (secondary N) is 2. The maximum atomic E-state index is 12.6. The molecule has 1 fully saturated rings. The van der Waals surface area contributed by atoms with Crippen LogP contribution in [0.4, 0.5) is 0 Å². The Morgan fingerprint density at radius 1 is 1.27 bits per heavy atom. The molecule has 2 aromatic rings. The van der Waals surface area contributed by atoms with Crippen molar-refractivity contribution in [3.05, 3.63) is 40.3 Å². The molecule has 0 aliphatic heterocycles. The van der Waals surface area contributed by atoms with E-state index in [4.69, 9.17) is 0 Å². The van der Waals surface area contributed by atoms with Crippen molar-refractivity contribution >= 4 is 16.7 Å². The lowest BCUT2D eigenvalue weighted by Gasteiger charge is -2.26. The summed E-state index contributed by atoms with van der Waals surface area (Å²) in [6.07, 6.45) is 3.15. The molecule has 0 unspecified atom stereocenters. The average Bonchev–Trinajstić information content (AvgIpc) is 2.96. The summed E-state index contributed by atoms with van der Waals surface area (Å²) in [6.45, 7) is 0. The number of carbonyl (C=O) groups excluding carboxylic acids is 1. The van der Waals surface area contributed by atoms with Crippen LogP contribution in [0.1, 0.15) is 29.8 Å². The highest BCUT2D eigenvalue weighted by molar-refractivity contribution is 6.04. The number of hydrogen-bond donors (Lipinski definition) is 2. The topological polar surface area (TPSA) is 78.1 Å². The normalized spacial score (nSPS) is 21.4. The van der Waals surface area contributed by atoms with Gasteiger partial charge in [-0.05, 0) is 39.4 Å². The number of H-pyrrole nitrogens is 1. The number of fused-ring (bicyclic) bond motifs is 1. The van der Waals surface area contributed by atoms with E-state index < -0.39 is 0 Å². The zero-order valence-corrected chi connectivity index (χ0v) is 12.8. The molecule has 6 heteroatoms. The number of amides is 1. The van der Waals surface area contributed by atoms with Gasteiger partial charge in [0.1, 0.15) is 0 Å². The second-order valence-electron chi connectivity index (χ2n) is 5.99. The summed E-state index contributed by atoms with van der Waals surface area (Å²) in [4.78, 5) is 26.5. The first-order valence-corrected chi connectivity index (χ1v) is 7.52. The Kier molecular flexibility index (Phi) is 3.94. The van der Waals surface area contributed by atoms with E-state index in [1.54, 1.807) is 24.3 Å². The molecule has 0 radical (unpaired) electrons. The van der Waals surface area contributed by atoms with E-state index >= 15 is 0 Å². The summed E-state index contributed by atoms with van der Waals surface area (Å²) in [7, 11) is 4.06. The Labute approximate surface area is 128 Å². The van der Waals surface area contributed by atoms with Crippen LogP contribution in [0.5, 0.6) is 0 Å². The fourth-order valence-electron chi connectivity index (χ4n) is 3.25. The first-order chi connectivity index (χ1) is 10.6. The minimum Gasteiger partial charge on any atom is -0.346 e. The highest BCUT2D eigenvalue weighted by Gasteiger charge is 2.30. The van der Waals surface area contributed by atoms with Crippen molar-refractivity contribution in [3.63, 3.8) is 0 Å². The third-order valence-corrected chi connectivity index (χ3v) is 4.37. The van der Waals surface area contributed by atoms with E-state index in [0.29, 0.717) is 16.8 Å². The zero-order chi connectivity index (χ0) is 15.7. The van der Waals surface area contributed by atoms with Crippen LogP contribution in [-0.4, -0.2) is 47.2 Å². The Balaban J connectivity index is 1.90. The van der Waals surface area contributed by atoms with Gasteiger partial charge in [-0.2, -0.15) is 5.10 Å². The quantitative estimate of drug-likeness (QED) is 0.891. The van der Waals surface area contributed by atoms with E-state index in [9.17, 15) is 9.59 Å². The third kappa shape index (κ3) is 2.62. The molecular formula is C16H20N4O2. The summed E-state index contributed by atoms with van der Waals surface area (Å²) in [5.74, 6) is -0.230. The lowest BCUT2D eigenvalue weighted by molar-refractivity contribution is 0.0915. The first kappa shape index (κ1) is 14.7. The monoisotopic (exact) mass is 300 g/mol. The molecule has 0 spiro atoms. The minimum absolute atomic E-state index is 0.120. The molecule has 1 saturated carbocycles. The molecule has 3 rings (SSSR count). The van der Waals surface area contributed by atoms with Gasteiger partial charge in [-0.25, -0.2) is 5.10 Å². The van der Waals surface area contributed by atoms with Gasteiger partial charge in [-0.3, -0.25) is 9.59 Å². The Hall–Kier alpha value is -2.21. The van der Waals surface area contributed by atoms with Gasteiger partial charge in [0.25, 0.3) is 11.5 Å². The van der Waals surface area contributed by atoms with Crippen LogP contribution < -0.4 is 10.9 Å². The standard InChI is InChI=1S/C16H20N4O2/c1-20(2)13-9-5-8-12(13)17-16(22)14-10-6-3-4-7-11(10)15(21)19-18-14/h3-4,6-7,12-13H,5,8-9H2,1-2H3,(H,17,22)(H,19,21)/t12-,13-/m1/s1. The summed E-state index contributed by atoms with van der Waals surface area (Å²) in [5, 5.41) is 10.5. The van der Waals surface area contributed by atoms with Crippen LogP contribution in [0.3, 0.4) is 0 Å². The van der Waals surface area contributed by atoms with Gasteiger partial charge in [-0.1, -0.05) is 18.2 Å². The molecule has 2 atom stereocenters. The molecule has 0 saturated heterocycles. The molecule has 2 N–H and O–H groups in total. The number of nitrogens with zero attached hydrogens (tertiary/aromatic N) is 2. The van der Waals surface area contributed by atoms with Crippen LogP contribution in [0.15, 0.2) is 29.1 Å². The van der Waals surface area contributed by atoms with E-state index in [1.165, 1.54) is 0 Å². The van der Waals surface area contributed by atoms with Gasteiger partial charge in [0.2, 0.25) is 0 Å². The molecule has 1 aromatic carbocycles. The number of carbonyl (C=O) groups is 1.